The van der Waals surface area contributed by atoms with Crippen LogP contribution in [-0.2, 0) is 24.3 Å². The van der Waals surface area contributed by atoms with Crippen molar-refractivity contribution in [1.82, 2.24) is 19.7 Å². The Morgan fingerprint density at radius 2 is 2.26 bits per heavy atom. The van der Waals surface area contributed by atoms with Crippen LogP contribution in [0.15, 0.2) is 30.6 Å². The van der Waals surface area contributed by atoms with E-state index in [-0.39, 0.29) is 5.91 Å². The molecule has 3 rings (SSSR count). The van der Waals surface area contributed by atoms with Crippen LogP contribution in [0.4, 0.5) is 5.69 Å². The Morgan fingerprint density at radius 1 is 1.37 bits per heavy atom. The monoisotopic (exact) mass is 257 g/mol. The number of fused-ring (bicyclic) bond motifs is 1. The quantitative estimate of drug-likeness (QED) is 0.792. The van der Waals surface area contributed by atoms with Crippen LogP contribution in [0.25, 0.3) is 0 Å². The second kappa shape index (κ2) is 4.72. The van der Waals surface area contributed by atoms with E-state index >= 15 is 0 Å². The van der Waals surface area contributed by atoms with Crippen molar-refractivity contribution in [1.29, 1.82) is 0 Å². The van der Waals surface area contributed by atoms with Crippen LogP contribution in [0.2, 0.25) is 0 Å². The topological polar surface area (TPSA) is 77.0 Å². The van der Waals surface area contributed by atoms with Crippen molar-refractivity contribution >= 4 is 11.6 Å². The highest BCUT2D eigenvalue weighted by molar-refractivity contribution is 5.79. The number of carbonyl (C=O) groups excluding carboxylic acids is 1. The van der Waals surface area contributed by atoms with Crippen LogP contribution in [-0.4, -0.2) is 32.1 Å². The van der Waals surface area contributed by atoms with Gasteiger partial charge in [-0.05, 0) is 17.7 Å². The molecule has 1 aliphatic rings. The van der Waals surface area contributed by atoms with Crippen molar-refractivity contribution < 1.29 is 4.79 Å². The zero-order valence-corrected chi connectivity index (χ0v) is 10.5. The first-order valence-electron chi connectivity index (χ1n) is 6.21. The Kier molecular flexibility index (Phi) is 2.91. The third-order valence-electron chi connectivity index (χ3n) is 3.30. The molecule has 0 saturated carbocycles. The fraction of sp³-hybridized carbons (Fsp3) is 0.308. The molecule has 1 aliphatic heterocycles. The summed E-state index contributed by atoms with van der Waals surface area (Å²) in [6.45, 7) is 1.98. The molecule has 0 aliphatic carbocycles. The number of hydrogen-bond donors (Lipinski definition) is 1. The minimum absolute atomic E-state index is 0.0971. The summed E-state index contributed by atoms with van der Waals surface area (Å²) < 4.78 is 1.98. The van der Waals surface area contributed by atoms with Crippen molar-refractivity contribution in [3.8, 4) is 0 Å². The van der Waals surface area contributed by atoms with Crippen molar-refractivity contribution in [2.75, 3.05) is 12.3 Å². The predicted molar refractivity (Wildman–Crippen MR) is 70.0 cm³/mol. The number of carbonyl (C=O) groups is 1. The molecule has 98 valence electrons. The average molecular weight is 257 g/mol. The molecular weight excluding hydrogens is 242 g/mol. The molecule has 0 radical (unpaired) electrons. The molecule has 6 nitrogen and oxygen atoms in total. The van der Waals surface area contributed by atoms with Gasteiger partial charge in [0.2, 0.25) is 5.91 Å². The molecule has 0 spiro atoms. The lowest BCUT2D eigenvalue weighted by atomic mass is 10.1. The van der Waals surface area contributed by atoms with E-state index in [2.05, 4.69) is 10.2 Å². The van der Waals surface area contributed by atoms with Crippen LogP contribution >= 0.6 is 0 Å². The molecule has 6 heteroatoms. The number of amides is 1. The van der Waals surface area contributed by atoms with Gasteiger partial charge in [-0.15, -0.1) is 10.2 Å². The predicted octanol–water partition coefficient (Wildman–Crippen LogP) is 0.445. The Bertz CT molecular complexity index is 607. The Balaban J connectivity index is 1.69. The lowest BCUT2D eigenvalue weighted by Crippen LogP contribution is -2.39. The molecule has 2 aromatic rings. The first-order chi connectivity index (χ1) is 9.22. The summed E-state index contributed by atoms with van der Waals surface area (Å²) in [5.74, 6) is 0.937. The summed E-state index contributed by atoms with van der Waals surface area (Å²) in [5.41, 5.74) is 7.34. The van der Waals surface area contributed by atoms with Gasteiger partial charge in [0.1, 0.15) is 6.33 Å². The van der Waals surface area contributed by atoms with Gasteiger partial charge >= 0.3 is 0 Å². The zero-order valence-electron chi connectivity index (χ0n) is 10.5. The molecule has 2 N–H and O–H groups in total. The normalized spacial score (nSPS) is 14.2. The summed E-state index contributed by atoms with van der Waals surface area (Å²) >= 11 is 0. The smallest absolute Gasteiger partial charge is 0.227 e. The Labute approximate surface area is 110 Å². The first kappa shape index (κ1) is 11.7. The largest absolute Gasteiger partial charge is 0.399 e. The van der Waals surface area contributed by atoms with E-state index < -0.39 is 0 Å². The number of nitrogen functional groups attached to an aromatic ring is 1. The molecule has 1 amide bonds. The lowest BCUT2D eigenvalue weighted by molar-refractivity contribution is -0.132. The summed E-state index contributed by atoms with van der Waals surface area (Å²) in [6, 6.07) is 7.44. The molecule has 0 saturated heterocycles. The van der Waals surface area contributed by atoms with E-state index in [1.165, 1.54) is 0 Å². The highest BCUT2D eigenvalue weighted by Crippen LogP contribution is 2.13. The van der Waals surface area contributed by atoms with E-state index in [0.717, 1.165) is 17.9 Å². The number of hydrogen-bond acceptors (Lipinski definition) is 4. The minimum Gasteiger partial charge on any atom is -0.399 e. The van der Waals surface area contributed by atoms with Crippen molar-refractivity contribution in [2.45, 2.75) is 19.5 Å². The maximum atomic E-state index is 12.2. The van der Waals surface area contributed by atoms with Gasteiger partial charge < -0.3 is 15.2 Å². The summed E-state index contributed by atoms with van der Waals surface area (Å²) in [5, 5.41) is 7.86. The van der Waals surface area contributed by atoms with Gasteiger partial charge in [-0.1, -0.05) is 12.1 Å². The van der Waals surface area contributed by atoms with E-state index in [4.69, 9.17) is 5.73 Å². The Hall–Kier alpha value is -2.37. The number of anilines is 1. The standard InChI is InChI=1S/C13H15N5O/c14-11-3-1-2-10(6-11)7-13(19)17-4-5-18-9-15-16-12(18)8-17/h1-3,6,9H,4-5,7-8,14H2. The van der Waals surface area contributed by atoms with Gasteiger partial charge in [0.25, 0.3) is 0 Å². The zero-order chi connectivity index (χ0) is 13.2. The van der Waals surface area contributed by atoms with Gasteiger partial charge in [-0.3, -0.25) is 4.79 Å². The fourth-order valence-corrected chi connectivity index (χ4v) is 2.27. The van der Waals surface area contributed by atoms with E-state index in [0.29, 0.717) is 25.2 Å². The third kappa shape index (κ3) is 2.42. The van der Waals surface area contributed by atoms with Gasteiger partial charge in [0, 0.05) is 18.8 Å². The van der Waals surface area contributed by atoms with Crippen molar-refractivity contribution in [2.24, 2.45) is 0 Å². The molecular formula is C13H15N5O. The molecule has 0 atom stereocenters. The first-order valence-corrected chi connectivity index (χ1v) is 6.21. The van der Waals surface area contributed by atoms with Crippen LogP contribution in [0, 0.1) is 0 Å². The van der Waals surface area contributed by atoms with Gasteiger partial charge in [0.15, 0.2) is 5.82 Å². The van der Waals surface area contributed by atoms with E-state index in [1.807, 2.05) is 33.7 Å². The summed E-state index contributed by atoms with van der Waals surface area (Å²) in [7, 11) is 0. The highest BCUT2D eigenvalue weighted by atomic mass is 16.2. The third-order valence-corrected chi connectivity index (χ3v) is 3.30. The number of rotatable bonds is 2. The van der Waals surface area contributed by atoms with Gasteiger partial charge in [-0.25, -0.2) is 0 Å². The van der Waals surface area contributed by atoms with Crippen LogP contribution < -0.4 is 5.73 Å². The minimum atomic E-state index is 0.0971. The Morgan fingerprint density at radius 3 is 3.11 bits per heavy atom. The van der Waals surface area contributed by atoms with Crippen LogP contribution in [0.1, 0.15) is 11.4 Å². The average Bonchev–Trinajstić information content (AvgIpc) is 2.85. The molecule has 2 heterocycles. The van der Waals surface area contributed by atoms with Crippen molar-refractivity contribution in [3.63, 3.8) is 0 Å². The van der Waals surface area contributed by atoms with E-state index in [9.17, 15) is 4.79 Å². The summed E-state index contributed by atoms with van der Waals surface area (Å²) in [6.07, 6.45) is 2.08. The van der Waals surface area contributed by atoms with Crippen LogP contribution in [0.3, 0.4) is 0 Å². The molecule has 1 aromatic carbocycles. The lowest BCUT2D eigenvalue weighted by Gasteiger charge is -2.27. The molecule has 0 bridgehead atoms. The van der Waals surface area contributed by atoms with E-state index in [1.54, 1.807) is 6.33 Å². The SMILES string of the molecule is Nc1cccc(CC(=O)N2CCn3cnnc3C2)c1. The second-order valence-electron chi connectivity index (χ2n) is 4.68. The number of aromatic nitrogens is 3. The second-order valence-corrected chi connectivity index (χ2v) is 4.68. The highest BCUT2D eigenvalue weighted by Gasteiger charge is 2.21. The molecule has 0 unspecified atom stereocenters. The van der Waals surface area contributed by atoms with Crippen LogP contribution in [0.5, 0.6) is 0 Å². The van der Waals surface area contributed by atoms with Crippen molar-refractivity contribution in [3.05, 3.63) is 42.0 Å². The fourth-order valence-electron chi connectivity index (χ4n) is 2.27. The summed E-state index contributed by atoms with van der Waals surface area (Å²) in [4.78, 5) is 14.1. The number of nitrogens with two attached hydrogens (primary N) is 1. The maximum absolute atomic E-state index is 12.2. The maximum Gasteiger partial charge on any atom is 0.227 e. The van der Waals surface area contributed by atoms with Gasteiger partial charge in [-0.2, -0.15) is 0 Å². The van der Waals surface area contributed by atoms with Gasteiger partial charge in [0.05, 0.1) is 13.0 Å². The molecule has 1 aromatic heterocycles. The molecule has 0 fully saturated rings. The number of nitrogens with zero attached hydrogens (tertiary/aromatic N) is 4. The molecule has 19 heavy (non-hydrogen) atoms. The number of benzene rings is 1.